The van der Waals surface area contributed by atoms with Crippen molar-refractivity contribution in [3.05, 3.63) is 11.3 Å². The number of carboxylic acid groups (broad SMARTS) is 1. The molecule has 2 heterocycles. The van der Waals surface area contributed by atoms with Gasteiger partial charge in [0.05, 0.1) is 0 Å². The minimum atomic E-state index is -1.02. The average Bonchev–Trinajstić information content (AvgIpc) is 2.15. The number of hydrogen-bond acceptors (Lipinski definition) is 3. The Morgan fingerprint density at radius 2 is 2.36 bits per heavy atom. The van der Waals surface area contributed by atoms with Crippen LogP contribution in [0.5, 0.6) is 0 Å². The van der Waals surface area contributed by atoms with E-state index < -0.39 is 5.97 Å². The zero-order chi connectivity index (χ0) is 10.5. The third-order valence-electron chi connectivity index (χ3n) is 2.47. The number of β-lactam (4-membered cyclic amide) rings is 1. The highest BCUT2D eigenvalue weighted by molar-refractivity contribution is 8.00. The normalized spacial score (nSPS) is 31.3. The average molecular weight is 215 g/mol. The summed E-state index contributed by atoms with van der Waals surface area (Å²) >= 11 is 1.58. The van der Waals surface area contributed by atoms with Gasteiger partial charge in [-0.3, -0.25) is 9.69 Å². The van der Waals surface area contributed by atoms with E-state index in [1.165, 1.54) is 4.90 Å². The van der Waals surface area contributed by atoms with Crippen molar-refractivity contribution in [3.8, 4) is 0 Å². The molecule has 0 saturated carbocycles. The van der Waals surface area contributed by atoms with Gasteiger partial charge in [0.2, 0.25) is 0 Å². The number of carbonyl (C=O) groups excluding carboxylic acids is 1. The van der Waals surface area contributed by atoms with Crippen LogP contribution >= 0.6 is 11.8 Å². The molecule has 0 aromatic heterocycles. The van der Waals surface area contributed by atoms with Crippen molar-refractivity contribution < 1.29 is 20.4 Å². The number of carboxylic acids is 1. The third-order valence-corrected chi connectivity index (χ3v) is 3.95. The molecule has 0 unspecified atom stereocenters. The molecule has 5 nitrogen and oxygen atoms in total. The maximum atomic E-state index is 11.4. The van der Waals surface area contributed by atoms with Gasteiger partial charge in [-0.05, 0) is 12.5 Å². The number of quaternary nitrogens is 1. The molecule has 1 amide bonds. The molecule has 76 valence electrons. The van der Waals surface area contributed by atoms with Gasteiger partial charge < -0.3 is 10.8 Å². The van der Waals surface area contributed by atoms with Crippen LogP contribution in [0.25, 0.3) is 0 Å². The van der Waals surface area contributed by atoms with Gasteiger partial charge in [-0.1, -0.05) is 0 Å². The summed E-state index contributed by atoms with van der Waals surface area (Å²) in [5, 5.41) is 8.88. The fourth-order valence-corrected chi connectivity index (χ4v) is 2.99. The Kier molecular flexibility index (Phi) is 2.04. The van der Waals surface area contributed by atoms with Crippen LogP contribution in [0.1, 0.15) is 6.92 Å². The Bertz CT molecular complexity index is 352. The molecule has 6 heteroatoms. The summed E-state index contributed by atoms with van der Waals surface area (Å²) < 4.78 is 0. The fourth-order valence-electron chi connectivity index (χ4n) is 1.72. The van der Waals surface area contributed by atoms with Gasteiger partial charge >= 0.3 is 5.97 Å². The highest BCUT2D eigenvalue weighted by Gasteiger charge is 2.54. The van der Waals surface area contributed by atoms with E-state index in [0.717, 1.165) is 5.57 Å². The van der Waals surface area contributed by atoms with Crippen molar-refractivity contribution in [2.24, 2.45) is 0 Å². The molecule has 0 bridgehead atoms. The van der Waals surface area contributed by atoms with E-state index in [1.54, 1.807) is 18.7 Å². The standard InChI is InChI=1S/C8H10N2O3S/c1-3-2-14-7-4(9)6(11)10(7)5(3)8(12)13/h4,7H,2,9H2,1H3,(H,12,13)/p+1/t4-,7-/m1/s1. The van der Waals surface area contributed by atoms with Crippen molar-refractivity contribution in [2.75, 3.05) is 5.75 Å². The van der Waals surface area contributed by atoms with Crippen LogP contribution in [0.2, 0.25) is 0 Å². The Labute approximate surface area is 84.9 Å². The van der Waals surface area contributed by atoms with Crippen molar-refractivity contribution in [1.29, 1.82) is 0 Å². The van der Waals surface area contributed by atoms with Gasteiger partial charge in [0, 0.05) is 5.75 Å². The van der Waals surface area contributed by atoms with E-state index in [0.29, 0.717) is 5.75 Å². The SMILES string of the molecule is CC1=C(C(=O)O)N2C(=O)[C@@H]([NH3+])[C@H]2SC1. The second kappa shape index (κ2) is 2.99. The van der Waals surface area contributed by atoms with Gasteiger partial charge in [-0.2, -0.15) is 0 Å². The number of thioether (sulfide) groups is 1. The molecule has 1 saturated heterocycles. The minimum absolute atomic E-state index is 0.0719. The maximum absolute atomic E-state index is 11.4. The smallest absolute Gasteiger partial charge is 0.352 e. The lowest BCUT2D eigenvalue weighted by Crippen LogP contribution is -2.83. The number of rotatable bonds is 1. The summed E-state index contributed by atoms with van der Waals surface area (Å²) in [5.74, 6) is -0.533. The third kappa shape index (κ3) is 1.07. The molecule has 0 spiro atoms. The van der Waals surface area contributed by atoms with Crippen LogP contribution < -0.4 is 5.73 Å². The van der Waals surface area contributed by atoms with E-state index in [-0.39, 0.29) is 23.0 Å². The molecule has 2 aliphatic heterocycles. The Hall–Kier alpha value is -1.01. The topological polar surface area (TPSA) is 85.2 Å². The van der Waals surface area contributed by atoms with Crippen LogP contribution in [-0.2, 0) is 9.59 Å². The van der Waals surface area contributed by atoms with E-state index in [1.807, 2.05) is 0 Å². The number of nitrogens with zero attached hydrogens (tertiary/aromatic N) is 1. The largest absolute Gasteiger partial charge is 0.477 e. The van der Waals surface area contributed by atoms with Crippen LogP contribution in [-0.4, -0.2) is 39.1 Å². The van der Waals surface area contributed by atoms with Gasteiger partial charge in [0.25, 0.3) is 5.91 Å². The Morgan fingerprint density at radius 3 is 2.93 bits per heavy atom. The number of amides is 1. The van der Waals surface area contributed by atoms with E-state index >= 15 is 0 Å². The first-order valence-corrected chi connectivity index (χ1v) is 5.29. The van der Waals surface area contributed by atoms with Crippen molar-refractivity contribution in [1.82, 2.24) is 4.90 Å². The minimum Gasteiger partial charge on any atom is -0.477 e. The maximum Gasteiger partial charge on any atom is 0.352 e. The van der Waals surface area contributed by atoms with Crippen molar-refractivity contribution in [3.63, 3.8) is 0 Å². The first kappa shape index (κ1) is 9.54. The number of hydrogen-bond donors (Lipinski definition) is 2. The second-order valence-corrected chi connectivity index (χ2v) is 4.56. The first-order valence-electron chi connectivity index (χ1n) is 4.25. The molecule has 2 aliphatic rings. The number of carbonyl (C=O) groups is 2. The summed E-state index contributed by atoms with van der Waals surface area (Å²) in [4.78, 5) is 23.7. The van der Waals surface area contributed by atoms with Crippen molar-refractivity contribution >= 4 is 23.6 Å². The highest BCUT2D eigenvalue weighted by Crippen LogP contribution is 2.38. The Balaban J connectivity index is 2.37. The molecule has 2 atom stereocenters. The van der Waals surface area contributed by atoms with Crippen LogP contribution in [0.3, 0.4) is 0 Å². The fraction of sp³-hybridized carbons (Fsp3) is 0.500. The van der Waals surface area contributed by atoms with E-state index in [2.05, 4.69) is 5.73 Å². The molecular formula is C8H11N2O3S+. The zero-order valence-electron chi connectivity index (χ0n) is 7.69. The molecule has 0 aromatic carbocycles. The molecule has 4 N–H and O–H groups in total. The predicted molar refractivity (Wildman–Crippen MR) is 50.1 cm³/mol. The quantitative estimate of drug-likeness (QED) is 0.542. The summed E-state index contributed by atoms with van der Waals surface area (Å²) in [6.07, 6.45) is 0. The molecular weight excluding hydrogens is 204 g/mol. The molecule has 0 aliphatic carbocycles. The summed E-state index contributed by atoms with van der Waals surface area (Å²) in [7, 11) is 0. The van der Waals surface area contributed by atoms with Crippen molar-refractivity contribution in [2.45, 2.75) is 18.3 Å². The predicted octanol–water partition coefficient (Wildman–Crippen LogP) is -1.13. The molecule has 2 rings (SSSR count). The lowest BCUT2D eigenvalue weighted by atomic mass is 10.0. The van der Waals surface area contributed by atoms with Gasteiger partial charge in [-0.25, -0.2) is 4.79 Å². The summed E-state index contributed by atoms with van der Waals surface area (Å²) in [6.45, 7) is 1.75. The molecule has 1 fully saturated rings. The van der Waals surface area contributed by atoms with Gasteiger partial charge in [-0.15, -0.1) is 11.8 Å². The number of aliphatic carboxylic acids is 1. The summed E-state index contributed by atoms with van der Waals surface area (Å²) in [6, 6.07) is -0.289. The first-order chi connectivity index (χ1) is 6.54. The highest BCUT2D eigenvalue weighted by atomic mass is 32.2. The van der Waals surface area contributed by atoms with E-state index in [9.17, 15) is 9.59 Å². The Morgan fingerprint density at radius 1 is 1.71 bits per heavy atom. The summed E-state index contributed by atoms with van der Waals surface area (Å²) in [5.41, 5.74) is 4.60. The zero-order valence-corrected chi connectivity index (χ0v) is 8.50. The molecule has 0 aromatic rings. The number of fused-ring (bicyclic) bond motifs is 1. The van der Waals surface area contributed by atoms with Crippen LogP contribution in [0.15, 0.2) is 11.3 Å². The van der Waals surface area contributed by atoms with Gasteiger partial charge in [0.15, 0.2) is 6.04 Å². The molecule has 0 radical (unpaired) electrons. The van der Waals surface area contributed by atoms with Gasteiger partial charge in [0.1, 0.15) is 11.1 Å². The lowest BCUT2D eigenvalue weighted by molar-refractivity contribution is -0.423. The second-order valence-electron chi connectivity index (χ2n) is 3.45. The van der Waals surface area contributed by atoms with E-state index in [4.69, 9.17) is 5.11 Å². The van der Waals surface area contributed by atoms with Crippen LogP contribution in [0.4, 0.5) is 0 Å². The lowest BCUT2D eigenvalue weighted by Gasteiger charge is -2.45. The van der Waals surface area contributed by atoms with Crippen LogP contribution in [0, 0.1) is 0 Å². The monoisotopic (exact) mass is 215 g/mol. The molecule has 14 heavy (non-hydrogen) atoms.